The van der Waals surface area contributed by atoms with Crippen LogP contribution in [0.15, 0.2) is 36.4 Å². The van der Waals surface area contributed by atoms with Gasteiger partial charge in [0.1, 0.15) is 11.6 Å². The molecule has 1 fully saturated rings. The minimum absolute atomic E-state index is 0.177. The molecule has 3 rings (SSSR count). The molecule has 1 aromatic carbocycles. The second-order valence-corrected chi connectivity index (χ2v) is 7.18. The number of benzene rings is 1. The van der Waals surface area contributed by atoms with Crippen LogP contribution in [-0.2, 0) is 14.3 Å². The summed E-state index contributed by atoms with van der Waals surface area (Å²) in [5, 5.41) is 10.4. The highest BCUT2D eigenvalue weighted by Gasteiger charge is 2.50. The Bertz CT molecular complexity index is 839. The number of phenolic OH excluding ortho intramolecular Hbond substituents is 1. The Kier molecular flexibility index (Phi) is 5.37. The van der Waals surface area contributed by atoms with E-state index in [-0.39, 0.29) is 17.8 Å². The number of hydrogen-bond donors (Lipinski definition) is 1. The number of aryl methyl sites for hydroxylation is 1. The van der Waals surface area contributed by atoms with Gasteiger partial charge in [0, 0.05) is 19.2 Å². The largest absolute Gasteiger partial charge is 0.507 e. The number of hydrogen-bond acceptors (Lipinski definition) is 6. The van der Waals surface area contributed by atoms with Crippen molar-refractivity contribution in [3.05, 3.63) is 42.0 Å². The summed E-state index contributed by atoms with van der Waals surface area (Å²) in [5.41, 5.74) is 1.52. The van der Waals surface area contributed by atoms with Crippen LogP contribution in [0.2, 0.25) is 0 Å². The number of para-hydroxylation sites is 1. The number of nitrogens with zero attached hydrogens (tertiary/aromatic N) is 2. The van der Waals surface area contributed by atoms with Crippen molar-refractivity contribution in [1.82, 2.24) is 4.98 Å². The number of aromatic nitrogens is 1. The Morgan fingerprint density at radius 2 is 2.04 bits per heavy atom. The number of pyridine rings is 1. The average Bonchev–Trinajstić information content (AvgIpc) is 3.01. The molecule has 1 aromatic heterocycles. The van der Waals surface area contributed by atoms with Crippen LogP contribution in [0.5, 0.6) is 5.75 Å². The number of esters is 1. The molecule has 0 bridgehead atoms. The van der Waals surface area contributed by atoms with Crippen molar-refractivity contribution in [3.63, 3.8) is 0 Å². The first-order valence-corrected chi connectivity index (χ1v) is 9.02. The molecule has 2 heterocycles. The topological polar surface area (TPSA) is 71.9 Å². The zero-order valence-electron chi connectivity index (χ0n) is 16.2. The highest BCUT2D eigenvalue weighted by atomic mass is 16.5. The molecule has 6 nitrogen and oxygen atoms in total. The van der Waals surface area contributed by atoms with Crippen molar-refractivity contribution in [2.45, 2.75) is 26.3 Å². The van der Waals surface area contributed by atoms with Gasteiger partial charge in [-0.2, -0.15) is 0 Å². The Hall–Kier alpha value is -2.60. The Morgan fingerprint density at radius 1 is 1.30 bits per heavy atom. The molecular formula is C21H26N2O4. The van der Waals surface area contributed by atoms with Crippen molar-refractivity contribution in [2.24, 2.45) is 5.41 Å². The van der Waals surface area contributed by atoms with Crippen LogP contribution in [0.3, 0.4) is 0 Å². The van der Waals surface area contributed by atoms with Gasteiger partial charge >= 0.3 is 5.97 Å². The minimum atomic E-state index is -0.659. The van der Waals surface area contributed by atoms with Crippen LogP contribution in [0.4, 0.5) is 5.82 Å². The number of phenols is 1. The lowest BCUT2D eigenvalue weighted by Gasteiger charge is -2.33. The van der Waals surface area contributed by atoms with Crippen LogP contribution < -0.4 is 4.90 Å². The van der Waals surface area contributed by atoms with Crippen LogP contribution in [0.1, 0.15) is 18.9 Å². The maximum Gasteiger partial charge on any atom is 0.313 e. The van der Waals surface area contributed by atoms with Crippen LogP contribution in [0, 0.1) is 12.3 Å². The summed E-state index contributed by atoms with van der Waals surface area (Å²) in [7, 11) is 3.04. The molecule has 144 valence electrons. The standard InChI is InChI=1S/C21H26N2O4/c1-14-7-5-8-15(19(14)24)16-9-6-10-18(22-16)23-12-11-21(2,20(25)27-4)17(23)13-26-3/h5-10,17,24H,11-13H2,1-4H3/t17?,21-/m1/s1. The van der Waals surface area contributed by atoms with Crippen LogP contribution >= 0.6 is 0 Å². The van der Waals surface area contributed by atoms with Crippen LogP contribution in [-0.4, -0.2) is 49.5 Å². The van der Waals surface area contributed by atoms with Gasteiger partial charge in [-0.25, -0.2) is 4.98 Å². The molecule has 2 atom stereocenters. The molecule has 0 aliphatic carbocycles. The summed E-state index contributed by atoms with van der Waals surface area (Å²) in [5.74, 6) is 0.749. The lowest BCUT2D eigenvalue weighted by molar-refractivity contribution is -0.152. The van der Waals surface area contributed by atoms with Crippen LogP contribution in [0.25, 0.3) is 11.3 Å². The van der Waals surface area contributed by atoms with Gasteiger partial charge in [0.2, 0.25) is 0 Å². The van der Waals surface area contributed by atoms with E-state index in [0.29, 0.717) is 30.8 Å². The van der Waals surface area contributed by atoms with Gasteiger partial charge < -0.3 is 19.5 Å². The van der Waals surface area contributed by atoms with E-state index in [9.17, 15) is 9.90 Å². The molecule has 27 heavy (non-hydrogen) atoms. The monoisotopic (exact) mass is 370 g/mol. The van der Waals surface area contributed by atoms with E-state index >= 15 is 0 Å². The predicted octanol–water partition coefficient (Wildman–Crippen LogP) is 3.17. The molecule has 2 aromatic rings. The number of carbonyl (C=O) groups excluding carboxylic acids is 1. The van der Waals surface area contributed by atoms with E-state index in [2.05, 4.69) is 4.90 Å². The fourth-order valence-corrected chi connectivity index (χ4v) is 3.80. The smallest absolute Gasteiger partial charge is 0.313 e. The molecule has 1 aliphatic rings. The van der Waals surface area contributed by atoms with Crippen molar-refractivity contribution in [1.29, 1.82) is 0 Å². The number of methoxy groups -OCH3 is 2. The van der Waals surface area contributed by atoms with E-state index in [1.165, 1.54) is 7.11 Å². The number of aromatic hydroxyl groups is 1. The van der Waals surface area contributed by atoms with Gasteiger partial charge in [0.05, 0.1) is 30.9 Å². The number of rotatable bonds is 5. The summed E-state index contributed by atoms with van der Waals surface area (Å²) in [4.78, 5) is 19.3. The molecule has 1 saturated heterocycles. The van der Waals surface area contributed by atoms with E-state index in [1.54, 1.807) is 7.11 Å². The van der Waals surface area contributed by atoms with Crippen molar-refractivity contribution < 1.29 is 19.4 Å². The van der Waals surface area contributed by atoms with Gasteiger partial charge in [0.15, 0.2) is 0 Å². The van der Waals surface area contributed by atoms with E-state index in [0.717, 1.165) is 11.4 Å². The summed E-state index contributed by atoms with van der Waals surface area (Å²) in [6.45, 7) is 4.85. The second kappa shape index (κ2) is 7.56. The Morgan fingerprint density at radius 3 is 2.74 bits per heavy atom. The fourth-order valence-electron chi connectivity index (χ4n) is 3.80. The molecule has 0 saturated carbocycles. The maximum atomic E-state index is 12.4. The minimum Gasteiger partial charge on any atom is -0.507 e. The average molecular weight is 370 g/mol. The molecule has 0 radical (unpaired) electrons. The molecule has 6 heteroatoms. The summed E-state index contributed by atoms with van der Waals surface area (Å²) >= 11 is 0. The molecule has 1 N–H and O–H groups in total. The van der Waals surface area contributed by atoms with Gasteiger partial charge in [-0.05, 0) is 44.0 Å². The highest BCUT2D eigenvalue weighted by molar-refractivity contribution is 5.79. The van der Waals surface area contributed by atoms with E-state index in [4.69, 9.17) is 14.5 Å². The molecule has 1 aliphatic heterocycles. The SMILES string of the molecule is COCC1N(c2cccc(-c3cccc(C)c3O)n2)CC[C@@]1(C)C(=O)OC. The summed E-state index contributed by atoms with van der Waals surface area (Å²) < 4.78 is 10.4. The van der Waals surface area contributed by atoms with E-state index in [1.807, 2.05) is 50.2 Å². The quantitative estimate of drug-likeness (QED) is 0.815. The fraction of sp³-hybridized carbons (Fsp3) is 0.429. The first-order chi connectivity index (χ1) is 12.9. The molecule has 0 amide bonds. The van der Waals surface area contributed by atoms with Crippen molar-refractivity contribution in [3.8, 4) is 17.0 Å². The lowest BCUT2D eigenvalue weighted by Crippen LogP contribution is -2.46. The third kappa shape index (κ3) is 3.37. The third-order valence-electron chi connectivity index (χ3n) is 5.50. The molecule has 1 unspecified atom stereocenters. The number of ether oxygens (including phenoxy) is 2. The first kappa shape index (κ1) is 19.2. The third-order valence-corrected chi connectivity index (χ3v) is 5.50. The number of anilines is 1. The van der Waals surface area contributed by atoms with Crippen molar-refractivity contribution >= 4 is 11.8 Å². The van der Waals surface area contributed by atoms with Crippen molar-refractivity contribution in [2.75, 3.05) is 32.3 Å². The zero-order valence-corrected chi connectivity index (χ0v) is 16.2. The first-order valence-electron chi connectivity index (χ1n) is 9.02. The summed E-state index contributed by atoms with van der Waals surface area (Å²) in [6, 6.07) is 11.1. The lowest BCUT2D eigenvalue weighted by atomic mass is 9.82. The predicted molar refractivity (Wildman–Crippen MR) is 104 cm³/mol. The number of carbonyl (C=O) groups is 1. The van der Waals surface area contributed by atoms with E-state index < -0.39 is 5.41 Å². The van der Waals surface area contributed by atoms with Gasteiger partial charge in [-0.15, -0.1) is 0 Å². The normalized spacial score (nSPS) is 22.1. The molecular weight excluding hydrogens is 344 g/mol. The highest BCUT2D eigenvalue weighted by Crippen LogP contribution is 2.41. The zero-order chi connectivity index (χ0) is 19.6. The van der Waals surface area contributed by atoms with Gasteiger partial charge in [-0.3, -0.25) is 4.79 Å². The maximum absolute atomic E-state index is 12.4. The van der Waals surface area contributed by atoms with Gasteiger partial charge in [-0.1, -0.05) is 18.2 Å². The molecule has 0 spiro atoms. The Labute approximate surface area is 159 Å². The van der Waals surface area contributed by atoms with Gasteiger partial charge in [0.25, 0.3) is 0 Å². The summed E-state index contributed by atoms with van der Waals surface area (Å²) in [6.07, 6.45) is 0.662. The Balaban J connectivity index is 1.99. The second-order valence-electron chi connectivity index (χ2n) is 7.18.